The Morgan fingerprint density at radius 1 is 0.350 bits per heavy atom. The molecule has 0 spiro atoms. The van der Waals surface area contributed by atoms with Gasteiger partial charge in [-0.05, 0) is 54.4 Å². The van der Waals surface area contributed by atoms with Gasteiger partial charge in [-0.1, -0.05) is 219 Å². The lowest BCUT2D eigenvalue weighted by atomic mass is 9.94. The van der Waals surface area contributed by atoms with E-state index >= 15 is 0 Å². The van der Waals surface area contributed by atoms with E-state index < -0.39 is 28.2 Å². The van der Waals surface area contributed by atoms with Crippen LogP contribution in [-0.4, -0.2) is 38.8 Å². The number of aliphatic imine (C=N–C) groups is 2. The molecular weight excluding hydrogens is 765 g/mol. The fourth-order valence-electron chi connectivity index (χ4n) is 8.50. The van der Waals surface area contributed by atoms with Gasteiger partial charge in [-0.2, -0.15) is 0 Å². The van der Waals surface area contributed by atoms with Crippen LogP contribution >= 0.6 is 0 Å². The normalized spacial score (nSPS) is 13.0. The van der Waals surface area contributed by atoms with Crippen molar-refractivity contribution in [3.63, 3.8) is 0 Å². The van der Waals surface area contributed by atoms with Gasteiger partial charge in [-0.15, -0.1) is 0 Å². The Kier molecular flexibility index (Phi) is 12.0. The number of benzene rings is 8. The molecule has 0 aromatic heterocycles. The minimum atomic E-state index is -2.62. The number of phenolic OH excluding ortho intramolecular Hbond substituents is 2. The van der Waals surface area contributed by atoms with Crippen LogP contribution in [0.4, 0.5) is 0 Å². The molecule has 8 aromatic carbocycles. The van der Waals surface area contributed by atoms with E-state index in [0.29, 0.717) is 11.1 Å². The standard InChI is InChI=1S/C54H48N2O2Si2/c1-59(45-29-13-5-14-30-45,46-31-15-6-16-32-46)49-37-21-27-43(53(49)57)39-55-51(41-23-9-3-10-24-41)52(42-25-11-4-12-26-42)56-40-44-28-22-38-50(54(44)58)60(2,47-33-17-7-18-34-47)48-35-19-8-20-36-48/h3-40,51-52,57-58H,1-2H3. The summed E-state index contributed by atoms with van der Waals surface area (Å²) < 4.78 is 0. The molecule has 0 aliphatic heterocycles. The second kappa shape index (κ2) is 18.0. The molecule has 0 saturated carbocycles. The predicted molar refractivity (Wildman–Crippen MR) is 257 cm³/mol. The number of phenols is 2. The van der Waals surface area contributed by atoms with E-state index in [1.54, 1.807) is 0 Å². The van der Waals surface area contributed by atoms with Crippen molar-refractivity contribution in [3.05, 3.63) is 241 Å². The van der Waals surface area contributed by atoms with Gasteiger partial charge in [0.1, 0.15) is 39.7 Å². The van der Waals surface area contributed by atoms with Crippen molar-refractivity contribution in [3.8, 4) is 11.5 Å². The van der Waals surface area contributed by atoms with Crippen molar-refractivity contribution in [2.24, 2.45) is 9.98 Å². The number of aromatic hydroxyl groups is 2. The number of rotatable bonds is 13. The first-order chi connectivity index (χ1) is 29.4. The molecule has 60 heavy (non-hydrogen) atoms. The SMILES string of the molecule is C[Si](c1ccccc1)(c1ccccc1)c1cccc(C=NC(c2ccccc2)C(N=Cc2cccc([Si](C)(c3ccccc3)c3ccccc3)c2O)c2ccccc2)c1O. The Bertz CT molecular complexity index is 2430. The maximum atomic E-state index is 12.2. The lowest BCUT2D eigenvalue weighted by Crippen LogP contribution is -2.64. The zero-order valence-corrected chi connectivity index (χ0v) is 35.9. The van der Waals surface area contributed by atoms with Crippen LogP contribution in [0.1, 0.15) is 34.3 Å². The first kappa shape index (κ1) is 39.9. The summed E-state index contributed by atoms with van der Waals surface area (Å²) in [5.41, 5.74) is 3.25. The number of nitrogens with zero attached hydrogens (tertiary/aromatic N) is 2. The molecule has 0 aliphatic rings. The van der Waals surface area contributed by atoms with Crippen LogP contribution in [0, 0.1) is 0 Å². The molecule has 0 aliphatic carbocycles. The fraction of sp³-hybridized carbons (Fsp3) is 0.0741. The van der Waals surface area contributed by atoms with E-state index in [2.05, 4.69) is 147 Å². The average molecular weight is 813 g/mol. The Morgan fingerprint density at radius 3 is 0.900 bits per heavy atom. The Balaban J connectivity index is 1.22. The summed E-state index contributed by atoms with van der Waals surface area (Å²) in [6.07, 6.45) is 3.61. The quantitative estimate of drug-likeness (QED) is 0.0700. The van der Waals surface area contributed by atoms with Gasteiger partial charge in [0.15, 0.2) is 0 Å². The zero-order chi connectivity index (χ0) is 41.4. The Labute approximate surface area is 355 Å². The van der Waals surface area contributed by atoms with Crippen molar-refractivity contribution in [2.45, 2.75) is 25.2 Å². The molecule has 6 heteroatoms. The maximum Gasteiger partial charge on any atom is 0.150 e. The third-order valence-corrected chi connectivity index (χ3v) is 20.9. The van der Waals surface area contributed by atoms with Gasteiger partial charge in [0, 0.05) is 23.6 Å². The molecule has 8 aromatic rings. The minimum absolute atomic E-state index is 0.237. The van der Waals surface area contributed by atoms with Gasteiger partial charge in [-0.3, -0.25) is 9.98 Å². The second-order valence-electron chi connectivity index (χ2n) is 15.5. The third kappa shape index (κ3) is 7.95. The highest BCUT2D eigenvalue weighted by atomic mass is 28.3. The average Bonchev–Trinajstić information content (AvgIpc) is 3.32. The summed E-state index contributed by atoms with van der Waals surface area (Å²) >= 11 is 0. The van der Waals surface area contributed by atoms with Crippen molar-refractivity contribution in [2.75, 3.05) is 0 Å². The smallest absolute Gasteiger partial charge is 0.150 e. The van der Waals surface area contributed by atoms with Gasteiger partial charge >= 0.3 is 0 Å². The highest BCUT2D eigenvalue weighted by molar-refractivity contribution is 7.11. The first-order valence-corrected chi connectivity index (χ1v) is 25.4. The van der Waals surface area contributed by atoms with Crippen LogP contribution in [0.2, 0.25) is 13.1 Å². The highest BCUT2D eigenvalue weighted by Gasteiger charge is 2.38. The summed E-state index contributed by atoms with van der Waals surface area (Å²) in [5, 5.41) is 31.1. The summed E-state index contributed by atoms with van der Waals surface area (Å²) in [6.45, 7) is 4.60. The summed E-state index contributed by atoms with van der Waals surface area (Å²) in [6, 6.07) is 73.6. The van der Waals surface area contributed by atoms with Crippen LogP contribution in [0.25, 0.3) is 0 Å². The molecule has 2 atom stereocenters. The third-order valence-electron chi connectivity index (χ3n) is 11.9. The number of hydrogen-bond donors (Lipinski definition) is 2. The molecule has 0 bridgehead atoms. The van der Waals surface area contributed by atoms with Crippen LogP contribution < -0.4 is 31.1 Å². The van der Waals surface area contributed by atoms with Crippen molar-refractivity contribution < 1.29 is 10.2 Å². The maximum absolute atomic E-state index is 12.2. The number of para-hydroxylation sites is 2. The van der Waals surface area contributed by atoms with Gasteiger partial charge in [0.25, 0.3) is 0 Å². The van der Waals surface area contributed by atoms with Crippen LogP contribution in [0.15, 0.2) is 228 Å². The number of hydrogen-bond acceptors (Lipinski definition) is 4. The molecular formula is C54H48N2O2Si2. The van der Waals surface area contributed by atoms with Gasteiger partial charge < -0.3 is 10.2 Å². The van der Waals surface area contributed by atoms with Crippen LogP contribution in [-0.2, 0) is 0 Å². The van der Waals surface area contributed by atoms with Gasteiger partial charge in [0.2, 0.25) is 0 Å². The lowest BCUT2D eigenvalue weighted by Gasteiger charge is -2.30. The van der Waals surface area contributed by atoms with E-state index in [4.69, 9.17) is 9.98 Å². The molecule has 0 saturated heterocycles. The molecule has 8 rings (SSSR count). The van der Waals surface area contributed by atoms with Gasteiger partial charge in [-0.25, -0.2) is 0 Å². The molecule has 294 valence electrons. The van der Waals surface area contributed by atoms with E-state index in [9.17, 15) is 10.2 Å². The Hall–Kier alpha value is -6.87. The molecule has 0 amide bonds. The second-order valence-corrected chi connectivity index (χ2v) is 23.4. The zero-order valence-electron chi connectivity index (χ0n) is 33.9. The predicted octanol–water partition coefficient (Wildman–Crippen LogP) is 8.32. The lowest BCUT2D eigenvalue weighted by molar-refractivity contribution is 0.477. The molecule has 4 nitrogen and oxygen atoms in total. The molecule has 0 fully saturated rings. The van der Waals surface area contributed by atoms with Crippen LogP contribution in [0.3, 0.4) is 0 Å². The highest BCUT2D eigenvalue weighted by Crippen LogP contribution is 2.36. The van der Waals surface area contributed by atoms with Crippen LogP contribution in [0.5, 0.6) is 11.5 Å². The van der Waals surface area contributed by atoms with Crippen molar-refractivity contribution in [1.29, 1.82) is 0 Å². The van der Waals surface area contributed by atoms with E-state index in [-0.39, 0.29) is 11.5 Å². The van der Waals surface area contributed by atoms with Crippen molar-refractivity contribution in [1.82, 2.24) is 0 Å². The molecule has 2 N–H and O–H groups in total. The summed E-state index contributed by atoms with van der Waals surface area (Å²) in [7, 11) is -5.24. The summed E-state index contributed by atoms with van der Waals surface area (Å²) in [4.78, 5) is 10.6. The monoisotopic (exact) mass is 812 g/mol. The minimum Gasteiger partial charge on any atom is -0.507 e. The van der Waals surface area contributed by atoms with Gasteiger partial charge in [0.05, 0.1) is 0 Å². The fourth-order valence-corrected chi connectivity index (χ4v) is 15.9. The first-order valence-electron chi connectivity index (χ1n) is 20.4. The van der Waals surface area contributed by atoms with Crippen molar-refractivity contribution >= 4 is 59.7 Å². The molecule has 0 heterocycles. The largest absolute Gasteiger partial charge is 0.507 e. The Morgan fingerprint density at radius 2 is 0.617 bits per heavy atom. The van der Waals surface area contributed by atoms with E-state index in [1.807, 2.05) is 97.4 Å². The molecule has 0 radical (unpaired) electrons. The summed E-state index contributed by atoms with van der Waals surface area (Å²) in [5.74, 6) is 0.473. The van der Waals surface area contributed by atoms with E-state index in [1.165, 1.54) is 20.7 Å². The molecule has 2 unspecified atom stereocenters. The topological polar surface area (TPSA) is 65.2 Å². The van der Waals surface area contributed by atoms with E-state index in [0.717, 1.165) is 21.5 Å².